The van der Waals surface area contributed by atoms with Crippen LogP contribution in [0.2, 0.25) is 0 Å². The summed E-state index contributed by atoms with van der Waals surface area (Å²) in [5, 5.41) is 3.07. The van der Waals surface area contributed by atoms with E-state index in [1.807, 2.05) is 0 Å². The van der Waals surface area contributed by atoms with E-state index in [0.717, 1.165) is 38.9 Å². The van der Waals surface area contributed by atoms with Crippen LogP contribution >= 0.6 is 0 Å². The van der Waals surface area contributed by atoms with Crippen molar-refractivity contribution >= 4 is 5.91 Å². The van der Waals surface area contributed by atoms with E-state index >= 15 is 0 Å². The van der Waals surface area contributed by atoms with Gasteiger partial charge in [-0.25, -0.2) is 0 Å². The lowest BCUT2D eigenvalue weighted by atomic mass is 9.84. The van der Waals surface area contributed by atoms with Crippen LogP contribution in [-0.2, 0) is 14.3 Å². The van der Waals surface area contributed by atoms with Crippen molar-refractivity contribution in [3.63, 3.8) is 0 Å². The van der Waals surface area contributed by atoms with Crippen LogP contribution in [0.3, 0.4) is 0 Å². The molecule has 7 nitrogen and oxygen atoms in total. The van der Waals surface area contributed by atoms with Crippen molar-refractivity contribution in [2.45, 2.75) is 37.3 Å². The standard InChI is InChI=1S/C18H23NO6/c20-17(11-22-14-1-2-15-16(9-14)24-12-23-15)19-13-3-6-25-18(10-13)4-7-21-8-5-18/h1-2,9,13H,3-8,10-12H2,(H,19,20)/t13-/m1/s1. The quantitative estimate of drug-likeness (QED) is 0.891. The van der Waals surface area contributed by atoms with Gasteiger partial charge in [0, 0.05) is 31.9 Å². The van der Waals surface area contributed by atoms with Crippen molar-refractivity contribution in [3.05, 3.63) is 18.2 Å². The van der Waals surface area contributed by atoms with E-state index in [1.165, 1.54) is 0 Å². The van der Waals surface area contributed by atoms with Crippen molar-refractivity contribution in [1.82, 2.24) is 5.32 Å². The number of hydrogen-bond acceptors (Lipinski definition) is 6. The summed E-state index contributed by atoms with van der Waals surface area (Å²) in [4.78, 5) is 12.2. The average Bonchev–Trinajstić information content (AvgIpc) is 3.08. The highest BCUT2D eigenvalue weighted by Gasteiger charge is 2.39. The van der Waals surface area contributed by atoms with Gasteiger partial charge in [-0.15, -0.1) is 0 Å². The predicted molar refractivity (Wildman–Crippen MR) is 88.0 cm³/mol. The van der Waals surface area contributed by atoms with E-state index in [2.05, 4.69) is 5.32 Å². The van der Waals surface area contributed by atoms with Gasteiger partial charge in [-0.05, 0) is 37.8 Å². The van der Waals surface area contributed by atoms with Gasteiger partial charge in [-0.2, -0.15) is 0 Å². The van der Waals surface area contributed by atoms with Gasteiger partial charge in [0.05, 0.1) is 5.60 Å². The summed E-state index contributed by atoms with van der Waals surface area (Å²) in [5.41, 5.74) is -0.132. The summed E-state index contributed by atoms with van der Waals surface area (Å²) in [6.45, 7) is 2.33. The number of nitrogens with one attached hydrogen (secondary N) is 1. The lowest BCUT2D eigenvalue weighted by Crippen LogP contribution is -2.51. The Morgan fingerprint density at radius 2 is 2.04 bits per heavy atom. The normalized spacial score (nSPS) is 24.1. The van der Waals surface area contributed by atoms with E-state index in [9.17, 15) is 4.79 Å². The van der Waals surface area contributed by atoms with E-state index < -0.39 is 0 Å². The molecule has 0 radical (unpaired) electrons. The topological polar surface area (TPSA) is 75.3 Å². The largest absolute Gasteiger partial charge is 0.484 e. The monoisotopic (exact) mass is 349 g/mol. The molecule has 1 aromatic rings. The van der Waals surface area contributed by atoms with E-state index in [-0.39, 0.29) is 30.9 Å². The molecule has 0 saturated carbocycles. The second kappa shape index (κ2) is 7.09. The second-order valence-electron chi connectivity index (χ2n) is 6.70. The highest BCUT2D eigenvalue weighted by atomic mass is 16.7. The lowest BCUT2D eigenvalue weighted by molar-refractivity contribution is -0.144. The summed E-state index contributed by atoms with van der Waals surface area (Å²) >= 11 is 0. The maximum Gasteiger partial charge on any atom is 0.258 e. The smallest absolute Gasteiger partial charge is 0.258 e. The Kier molecular flexibility index (Phi) is 4.67. The molecule has 0 unspecified atom stereocenters. The molecule has 3 heterocycles. The third-order valence-electron chi connectivity index (χ3n) is 4.98. The number of fused-ring (bicyclic) bond motifs is 1. The van der Waals surface area contributed by atoms with Gasteiger partial charge < -0.3 is 29.0 Å². The first-order valence-corrected chi connectivity index (χ1v) is 8.76. The number of rotatable bonds is 4. The molecule has 0 aliphatic carbocycles. The third kappa shape index (κ3) is 3.82. The van der Waals surface area contributed by atoms with Crippen LogP contribution in [0.4, 0.5) is 0 Å². The van der Waals surface area contributed by atoms with Crippen molar-refractivity contribution in [3.8, 4) is 17.2 Å². The Morgan fingerprint density at radius 3 is 2.92 bits per heavy atom. The van der Waals surface area contributed by atoms with Gasteiger partial charge >= 0.3 is 0 Å². The third-order valence-corrected chi connectivity index (χ3v) is 4.98. The molecular weight excluding hydrogens is 326 g/mol. The van der Waals surface area contributed by atoms with Gasteiger partial charge in [-0.1, -0.05) is 0 Å². The molecule has 1 aromatic carbocycles. The summed E-state index contributed by atoms with van der Waals surface area (Å²) in [6, 6.07) is 5.41. The number of ether oxygens (including phenoxy) is 5. The molecule has 3 aliphatic rings. The van der Waals surface area contributed by atoms with Crippen molar-refractivity contribution in [1.29, 1.82) is 0 Å². The first-order valence-electron chi connectivity index (χ1n) is 8.76. The Morgan fingerprint density at radius 1 is 1.20 bits per heavy atom. The van der Waals surface area contributed by atoms with Crippen molar-refractivity contribution in [2.24, 2.45) is 0 Å². The zero-order valence-corrected chi connectivity index (χ0v) is 14.1. The highest BCUT2D eigenvalue weighted by Crippen LogP contribution is 2.35. The fourth-order valence-corrected chi connectivity index (χ4v) is 3.63. The predicted octanol–water partition coefficient (Wildman–Crippen LogP) is 1.64. The van der Waals surface area contributed by atoms with Gasteiger partial charge in [0.1, 0.15) is 5.75 Å². The maximum absolute atomic E-state index is 12.2. The van der Waals surface area contributed by atoms with Crippen LogP contribution in [0.1, 0.15) is 25.7 Å². The summed E-state index contributed by atoms with van der Waals surface area (Å²) in [7, 11) is 0. The molecule has 1 spiro atoms. The van der Waals surface area contributed by atoms with Crippen molar-refractivity contribution in [2.75, 3.05) is 33.2 Å². The maximum atomic E-state index is 12.2. The molecule has 25 heavy (non-hydrogen) atoms. The number of amides is 1. The van der Waals surface area contributed by atoms with E-state index in [0.29, 0.717) is 23.9 Å². The Hall–Kier alpha value is -1.99. The zero-order chi connectivity index (χ0) is 17.1. The number of benzene rings is 1. The number of carbonyl (C=O) groups excluding carboxylic acids is 1. The van der Waals surface area contributed by atoms with E-state index in [4.69, 9.17) is 23.7 Å². The summed E-state index contributed by atoms with van der Waals surface area (Å²) in [5.74, 6) is 1.81. The van der Waals surface area contributed by atoms with Crippen LogP contribution in [0.15, 0.2) is 18.2 Å². The van der Waals surface area contributed by atoms with Gasteiger partial charge in [0.15, 0.2) is 18.1 Å². The summed E-state index contributed by atoms with van der Waals surface area (Å²) in [6.07, 6.45) is 3.46. The number of carbonyl (C=O) groups is 1. The molecule has 0 bridgehead atoms. The van der Waals surface area contributed by atoms with Crippen LogP contribution < -0.4 is 19.5 Å². The average molecular weight is 349 g/mol. The molecule has 4 rings (SSSR count). The molecular formula is C18H23NO6. The molecule has 1 amide bonds. The molecule has 2 saturated heterocycles. The molecule has 1 N–H and O–H groups in total. The lowest BCUT2D eigenvalue weighted by Gasteiger charge is -2.43. The first-order chi connectivity index (χ1) is 12.2. The zero-order valence-electron chi connectivity index (χ0n) is 14.1. The van der Waals surface area contributed by atoms with Gasteiger partial charge in [0.25, 0.3) is 5.91 Å². The molecule has 2 fully saturated rings. The molecule has 7 heteroatoms. The minimum atomic E-state index is -0.132. The Labute approximate surface area is 146 Å². The van der Waals surface area contributed by atoms with Gasteiger partial charge in [-0.3, -0.25) is 4.79 Å². The highest BCUT2D eigenvalue weighted by molar-refractivity contribution is 5.77. The SMILES string of the molecule is O=C(COc1ccc2c(c1)OCO2)N[C@@H]1CCOC2(CCOCC2)C1. The minimum Gasteiger partial charge on any atom is -0.484 e. The fraction of sp³-hybridized carbons (Fsp3) is 0.611. The van der Waals surface area contributed by atoms with Crippen LogP contribution in [0, 0.1) is 0 Å². The molecule has 136 valence electrons. The summed E-state index contributed by atoms with van der Waals surface area (Å²) < 4.78 is 27.6. The van der Waals surface area contributed by atoms with E-state index in [1.54, 1.807) is 18.2 Å². The van der Waals surface area contributed by atoms with Crippen LogP contribution in [0.25, 0.3) is 0 Å². The molecule has 1 atom stereocenters. The minimum absolute atomic E-state index is 0.0207. The second-order valence-corrected chi connectivity index (χ2v) is 6.70. The Bertz CT molecular complexity index is 622. The number of hydrogen-bond donors (Lipinski definition) is 1. The van der Waals surface area contributed by atoms with Crippen molar-refractivity contribution < 1.29 is 28.5 Å². The molecule has 0 aromatic heterocycles. The van der Waals surface area contributed by atoms with Gasteiger partial charge in [0.2, 0.25) is 6.79 Å². The van der Waals surface area contributed by atoms with Crippen LogP contribution in [0.5, 0.6) is 17.2 Å². The van der Waals surface area contributed by atoms with Crippen LogP contribution in [-0.4, -0.2) is 50.8 Å². The Balaban J connectivity index is 1.27. The molecule has 3 aliphatic heterocycles. The fourth-order valence-electron chi connectivity index (χ4n) is 3.63. The first kappa shape index (κ1) is 16.5.